The summed E-state index contributed by atoms with van der Waals surface area (Å²) < 4.78 is 5.39. The lowest BCUT2D eigenvalue weighted by atomic mass is 9.65. The Morgan fingerprint density at radius 3 is 2.56 bits per heavy atom. The van der Waals surface area contributed by atoms with Crippen LogP contribution in [-0.4, -0.2) is 63.8 Å². The number of guanidine groups is 1. The van der Waals surface area contributed by atoms with Crippen LogP contribution in [0.5, 0.6) is 0 Å². The van der Waals surface area contributed by atoms with Crippen molar-refractivity contribution in [2.45, 2.75) is 25.7 Å². The monoisotopic (exact) mass is 344 g/mol. The molecule has 1 aromatic rings. The van der Waals surface area contributed by atoms with Gasteiger partial charge in [-0.05, 0) is 30.2 Å². The molecular weight excluding hydrogens is 312 g/mol. The minimum atomic E-state index is 0.392. The number of hydrogen-bond acceptors (Lipinski definition) is 3. The molecule has 1 aromatic carbocycles. The number of nitrogens with one attached hydrogen (secondary N) is 2. The Morgan fingerprint density at radius 2 is 1.92 bits per heavy atom. The van der Waals surface area contributed by atoms with E-state index >= 15 is 0 Å². The van der Waals surface area contributed by atoms with Crippen molar-refractivity contribution in [1.82, 2.24) is 15.5 Å². The summed E-state index contributed by atoms with van der Waals surface area (Å²) in [6.45, 7) is 6.75. The van der Waals surface area contributed by atoms with Crippen molar-refractivity contribution in [2.75, 3.05) is 53.0 Å². The first kappa shape index (κ1) is 18.2. The third-order valence-electron chi connectivity index (χ3n) is 5.51. The van der Waals surface area contributed by atoms with E-state index in [2.05, 4.69) is 50.9 Å². The molecule has 0 unspecified atom stereocenters. The molecule has 1 saturated carbocycles. The number of hydrogen-bond donors (Lipinski definition) is 2. The van der Waals surface area contributed by atoms with Crippen molar-refractivity contribution >= 4 is 5.96 Å². The van der Waals surface area contributed by atoms with Gasteiger partial charge in [-0.25, -0.2) is 0 Å². The van der Waals surface area contributed by atoms with Crippen LogP contribution in [0.15, 0.2) is 35.3 Å². The Labute approximate surface area is 151 Å². The van der Waals surface area contributed by atoms with Gasteiger partial charge in [-0.1, -0.05) is 36.8 Å². The molecule has 2 aliphatic rings. The first-order chi connectivity index (χ1) is 12.3. The van der Waals surface area contributed by atoms with Crippen molar-refractivity contribution in [1.29, 1.82) is 0 Å². The van der Waals surface area contributed by atoms with E-state index in [1.54, 1.807) is 0 Å². The molecule has 25 heavy (non-hydrogen) atoms. The van der Waals surface area contributed by atoms with E-state index < -0.39 is 0 Å². The third kappa shape index (κ3) is 5.44. The van der Waals surface area contributed by atoms with E-state index in [9.17, 15) is 0 Å². The standard InChI is InChI=1S/C20H32N4O/c1-21-19(22-10-11-24-12-14-25-15-13-24)23-17-20(8-5-9-20)16-18-6-3-2-4-7-18/h2-4,6-7H,5,8-17H2,1H3,(H2,21,22,23). The topological polar surface area (TPSA) is 48.9 Å². The summed E-state index contributed by atoms with van der Waals surface area (Å²) in [6, 6.07) is 10.9. The molecule has 1 aliphatic carbocycles. The van der Waals surface area contributed by atoms with Crippen LogP contribution < -0.4 is 10.6 Å². The van der Waals surface area contributed by atoms with Gasteiger partial charge in [0.05, 0.1) is 13.2 Å². The predicted octanol–water partition coefficient (Wildman–Crippen LogP) is 1.90. The van der Waals surface area contributed by atoms with E-state index in [4.69, 9.17) is 4.74 Å². The van der Waals surface area contributed by atoms with Crippen molar-refractivity contribution < 1.29 is 4.74 Å². The summed E-state index contributed by atoms with van der Waals surface area (Å²) in [4.78, 5) is 6.83. The van der Waals surface area contributed by atoms with Gasteiger partial charge in [0.15, 0.2) is 5.96 Å². The van der Waals surface area contributed by atoms with Crippen LogP contribution in [0, 0.1) is 5.41 Å². The number of rotatable bonds is 7. The first-order valence-electron chi connectivity index (χ1n) is 9.58. The molecule has 5 nitrogen and oxygen atoms in total. The average Bonchev–Trinajstić information content (AvgIpc) is 2.63. The lowest BCUT2D eigenvalue weighted by molar-refractivity contribution is 0.0389. The molecule has 0 bridgehead atoms. The smallest absolute Gasteiger partial charge is 0.191 e. The predicted molar refractivity (Wildman–Crippen MR) is 103 cm³/mol. The summed E-state index contributed by atoms with van der Waals surface area (Å²) in [6.07, 6.45) is 5.11. The second kappa shape index (κ2) is 9.20. The molecule has 1 saturated heterocycles. The molecule has 3 rings (SSSR count). The maximum absolute atomic E-state index is 5.39. The molecule has 0 spiro atoms. The molecule has 0 atom stereocenters. The third-order valence-corrected chi connectivity index (χ3v) is 5.51. The van der Waals surface area contributed by atoms with E-state index in [1.165, 1.54) is 24.8 Å². The molecule has 5 heteroatoms. The minimum absolute atomic E-state index is 0.392. The maximum Gasteiger partial charge on any atom is 0.191 e. The number of benzene rings is 1. The normalized spacial score (nSPS) is 20.8. The quantitative estimate of drug-likeness (QED) is 0.586. The number of aliphatic imine (C=N–C) groups is 1. The number of nitrogens with zero attached hydrogens (tertiary/aromatic N) is 2. The molecular formula is C20H32N4O. The SMILES string of the molecule is CN=C(NCCN1CCOCC1)NCC1(Cc2ccccc2)CCC1. The zero-order valence-corrected chi connectivity index (χ0v) is 15.5. The van der Waals surface area contributed by atoms with Gasteiger partial charge in [0, 0.05) is 39.8 Å². The highest BCUT2D eigenvalue weighted by Gasteiger charge is 2.36. The van der Waals surface area contributed by atoms with E-state index in [0.29, 0.717) is 5.41 Å². The lowest BCUT2D eigenvalue weighted by Crippen LogP contribution is -2.49. The lowest BCUT2D eigenvalue weighted by Gasteiger charge is -2.42. The van der Waals surface area contributed by atoms with Gasteiger partial charge in [-0.3, -0.25) is 9.89 Å². The van der Waals surface area contributed by atoms with Crippen LogP contribution in [0.4, 0.5) is 0 Å². The highest BCUT2D eigenvalue weighted by Crippen LogP contribution is 2.43. The fraction of sp³-hybridized carbons (Fsp3) is 0.650. The second-order valence-corrected chi connectivity index (χ2v) is 7.32. The molecule has 2 fully saturated rings. The van der Waals surface area contributed by atoms with Crippen LogP contribution in [0.1, 0.15) is 24.8 Å². The van der Waals surface area contributed by atoms with Crippen LogP contribution in [0.3, 0.4) is 0 Å². The van der Waals surface area contributed by atoms with Crippen molar-refractivity contribution in [2.24, 2.45) is 10.4 Å². The summed E-state index contributed by atoms with van der Waals surface area (Å²) >= 11 is 0. The molecule has 0 amide bonds. The Bertz CT molecular complexity index is 536. The van der Waals surface area contributed by atoms with E-state index in [0.717, 1.165) is 58.3 Å². The Morgan fingerprint density at radius 1 is 1.16 bits per heavy atom. The highest BCUT2D eigenvalue weighted by atomic mass is 16.5. The van der Waals surface area contributed by atoms with E-state index in [1.807, 2.05) is 7.05 Å². The Balaban J connectivity index is 1.41. The number of ether oxygens (including phenoxy) is 1. The molecule has 138 valence electrons. The Hall–Kier alpha value is -1.59. The van der Waals surface area contributed by atoms with Gasteiger partial charge in [-0.15, -0.1) is 0 Å². The fourth-order valence-electron chi connectivity index (χ4n) is 3.77. The summed E-state index contributed by atoms with van der Waals surface area (Å²) in [7, 11) is 1.86. The van der Waals surface area contributed by atoms with Gasteiger partial charge in [0.25, 0.3) is 0 Å². The van der Waals surface area contributed by atoms with Gasteiger partial charge in [0.2, 0.25) is 0 Å². The molecule has 1 aliphatic heterocycles. The molecule has 0 aromatic heterocycles. The summed E-state index contributed by atoms with van der Waals surface area (Å²) in [5.41, 5.74) is 1.84. The van der Waals surface area contributed by atoms with Crippen LogP contribution in [0.25, 0.3) is 0 Å². The van der Waals surface area contributed by atoms with Crippen molar-refractivity contribution in [3.8, 4) is 0 Å². The fourth-order valence-corrected chi connectivity index (χ4v) is 3.77. The molecule has 2 N–H and O–H groups in total. The summed E-state index contributed by atoms with van der Waals surface area (Å²) in [5, 5.41) is 7.02. The maximum atomic E-state index is 5.39. The van der Waals surface area contributed by atoms with Crippen molar-refractivity contribution in [3.63, 3.8) is 0 Å². The average molecular weight is 345 g/mol. The summed E-state index contributed by atoms with van der Waals surface area (Å²) in [5.74, 6) is 0.924. The highest BCUT2D eigenvalue weighted by molar-refractivity contribution is 5.79. The molecule has 0 radical (unpaired) electrons. The Kier molecular flexibility index (Phi) is 6.70. The van der Waals surface area contributed by atoms with Gasteiger partial charge >= 0.3 is 0 Å². The number of morpholine rings is 1. The van der Waals surface area contributed by atoms with Crippen LogP contribution in [0.2, 0.25) is 0 Å². The largest absolute Gasteiger partial charge is 0.379 e. The van der Waals surface area contributed by atoms with Crippen LogP contribution >= 0.6 is 0 Å². The van der Waals surface area contributed by atoms with Gasteiger partial charge in [-0.2, -0.15) is 0 Å². The van der Waals surface area contributed by atoms with Crippen molar-refractivity contribution in [3.05, 3.63) is 35.9 Å². The van der Waals surface area contributed by atoms with Crippen LogP contribution in [-0.2, 0) is 11.2 Å². The van der Waals surface area contributed by atoms with E-state index in [-0.39, 0.29) is 0 Å². The first-order valence-corrected chi connectivity index (χ1v) is 9.58. The zero-order chi connectivity index (χ0) is 17.4. The van der Waals surface area contributed by atoms with Gasteiger partial charge in [0.1, 0.15) is 0 Å². The minimum Gasteiger partial charge on any atom is -0.379 e. The molecule has 1 heterocycles. The van der Waals surface area contributed by atoms with Gasteiger partial charge < -0.3 is 15.4 Å². The zero-order valence-electron chi connectivity index (χ0n) is 15.5. The second-order valence-electron chi connectivity index (χ2n) is 7.32.